The van der Waals surface area contributed by atoms with E-state index in [1.165, 1.54) is 0 Å². The summed E-state index contributed by atoms with van der Waals surface area (Å²) in [6.07, 6.45) is 3.14. The van der Waals surface area contributed by atoms with E-state index in [0.29, 0.717) is 32.0 Å². The number of nitrogens with two attached hydrogens (primary N) is 1. The van der Waals surface area contributed by atoms with Gasteiger partial charge in [-0.25, -0.2) is 13.1 Å². The molecular weight excluding hydrogens is 290 g/mol. The molecule has 0 fully saturated rings. The van der Waals surface area contributed by atoms with Gasteiger partial charge < -0.3 is 11.1 Å². The van der Waals surface area contributed by atoms with Crippen molar-refractivity contribution in [3.05, 3.63) is 30.1 Å². The maximum absolute atomic E-state index is 11.2. The molecule has 8 heteroatoms. The van der Waals surface area contributed by atoms with Crippen LogP contribution in [0.4, 0.5) is 0 Å². The molecule has 0 aliphatic carbocycles. The Bertz CT molecular complexity index is 531. The summed E-state index contributed by atoms with van der Waals surface area (Å²) in [7, 11) is -3.12. The average Bonchev–Trinajstić information content (AvgIpc) is 2.48. The minimum absolute atomic E-state index is 0.0908. The fourth-order valence-electron chi connectivity index (χ4n) is 1.53. The highest BCUT2D eigenvalue weighted by Gasteiger charge is 2.03. The van der Waals surface area contributed by atoms with Crippen molar-refractivity contribution in [1.29, 1.82) is 0 Å². The number of sulfonamides is 1. The second kappa shape index (κ2) is 9.30. The lowest BCUT2D eigenvalue weighted by Gasteiger charge is -2.06. The molecule has 0 amide bonds. The molecule has 118 valence electrons. The number of aromatic nitrogens is 1. The molecule has 0 aromatic carbocycles. The first-order valence-electron chi connectivity index (χ1n) is 6.94. The topological polar surface area (TPSA) is 109 Å². The van der Waals surface area contributed by atoms with Gasteiger partial charge in [0.1, 0.15) is 0 Å². The van der Waals surface area contributed by atoms with Crippen LogP contribution < -0.4 is 15.8 Å². The lowest BCUT2D eigenvalue weighted by Crippen LogP contribution is -2.33. The number of guanidine groups is 1. The van der Waals surface area contributed by atoms with Gasteiger partial charge in [0, 0.05) is 37.9 Å². The number of rotatable bonds is 9. The monoisotopic (exact) mass is 313 g/mol. The number of nitrogens with one attached hydrogen (secondary N) is 2. The fraction of sp³-hybridized carbons (Fsp3) is 0.538. The molecule has 21 heavy (non-hydrogen) atoms. The molecule has 0 atom stereocenters. The molecule has 4 N–H and O–H groups in total. The lowest BCUT2D eigenvalue weighted by atomic mass is 10.3. The largest absolute Gasteiger partial charge is 0.370 e. The SMILES string of the molecule is CCS(=O)(=O)NCCCN=C(N)NCCc1ccccn1. The summed E-state index contributed by atoms with van der Waals surface area (Å²) in [5, 5.41) is 3.00. The molecule has 7 nitrogen and oxygen atoms in total. The van der Waals surface area contributed by atoms with Gasteiger partial charge in [0.05, 0.1) is 5.75 Å². The number of hydrogen-bond donors (Lipinski definition) is 3. The number of nitrogens with zero attached hydrogens (tertiary/aromatic N) is 2. The third kappa shape index (κ3) is 8.26. The molecule has 0 bridgehead atoms. The van der Waals surface area contributed by atoms with Crippen LogP contribution in [-0.2, 0) is 16.4 Å². The third-order valence-corrected chi connectivity index (χ3v) is 4.14. The van der Waals surface area contributed by atoms with E-state index in [1.54, 1.807) is 13.1 Å². The predicted octanol–water partition coefficient (Wildman–Crippen LogP) is -0.142. The zero-order chi connectivity index (χ0) is 15.6. The molecule has 0 spiro atoms. The van der Waals surface area contributed by atoms with Crippen LogP contribution >= 0.6 is 0 Å². The highest BCUT2D eigenvalue weighted by molar-refractivity contribution is 7.89. The summed E-state index contributed by atoms with van der Waals surface area (Å²) in [5.41, 5.74) is 6.70. The highest BCUT2D eigenvalue weighted by Crippen LogP contribution is 1.92. The van der Waals surface area contributed by atoms with Gasteiger partial charge in [0.2, 0.25) is 10.0 Å². The second-order valence-corrected chi connectivity index (χ2v) is 6.51. The summed E-state index contributed by atoms with van der Waals surface area (Å²) in [6.45, 7) is 3.12. The van der Waals surface area contributed by atoms with Crippen molar-refractivity contribution in [3.8, 4) is 0 Å². The van der Waals surface area contributed by atoms with Crippen molar-refractivity contribution in [2.24, 2.45) is 10.7 Å². The summed E-state index contributed by atoms with van der Waals surface area (Å²) < 4.78 is 24.8. The number of hydrogen-bond acceptors (Lipinski definition) is 4. The lowest BCUT2D eigenvalue weighted by molar-refractivity contribution is 0.581. The summed E-state index contributed by atoms with van der Waals surface area (Å²) in [4.78, 5) is 8.34. The van der Waals surface area contributed by atoms with Crippen molar-refractivity contribution >= 4 is 16.0 Å². The molecule has 1 rings (SSSR count). The van der Waals surface area contributed by atoms with Crippen molar-refractivity contribution in [1.82, 2.24) is 15.0 Å². The Labute approximate surface area is 126 Å². The van der Waals surface area contributed by atoms with Gasteiger partial charge in [-0.15, -0.1) is 0 Å². The molecule has 1 heterocycles. The van der Waals surface area contributed by atoms with Crippen LogP contribution in [0.3, 0.4) is 0 Å². The van der Waals surface area contributed by atoms with E-state index < -0.39 is 10.0 Å². The van der Waals surface area contributed by atoms with E-state index in [4.69, 9.17) is 5.73 Å². The van der Waals surface area contributed by atoms with Gasteiger partial charge in [-0.2, -0.15) is 0 Å². The standard InChI is InChI=1S/C13H23N5O2S/c1-2-21(19,20)18-10-5-9-16-13(14)17-11-7-12-6-3-4-8-15-12/h3-4,6,8,18H,2,5,7,9-11H2,1H3,(H3,14,16,17). The van der Waals surface area contributed by atoms with Gasteiger partial charge >= 0.3 is 0 Å². The van der Waals surface area contributed by atoms with Crippen LogP contribution in [0.25, 0.3) is 0 Å². The van der Waals surface area contributed by atoms with E-state index in [-0.39, 0.29) is 5.75 Å². The van der Waals surface area contributed by atoms with E-state index >= 15 is 0 Å². The van der Waals surface area contributed by atoms with Crippen LogP contribution in [0.2, 0.25) is 0 Å². The molecule has 0 aliphatic rings. The van der Waals surface area contributed by atoms with Crippen LogP contribution in [0.1, 0.15) is 19.0 Å². The highest BCUT2D eigenvalue weighted by atomic mass is 32.2. The molecule has 0 aliphatic heterocycles. The zero-order valence-corrected chi connectivity index (χ0v) is 13.1. The van der Waals surface area contributed by atoms with E-state index in [1.807, 2.05) is 18.2 Å². The molecule has 1 aromatic heterocycles. The van der Waals surface area contributed by atoms with Gasteiger partial charge in [-0.1, -0.05) is 6.07 Å². The van der Waals surface area contributed by atoms with Gasteiger partial charge in [0.15, 0.2) is 5.96 Å². The molecule has 0 unspecified atom stereocenters. The summed E-state index contributed by atoms with van der Waals surface area (Å²) >= 11 is 0. The average molecular weight is 313 g/mol. The van der Waals surface area contributed by atoms with Crippen LogP contribution in [0.15, 0.2) is 29.4 Å². The molecule has 0 saturated heterocycles. The van der Waals surface area contributed by atoms with E-state index in [2.05, 4.69) is 20.0 Å². The van der Waals surface area contributed by atoms with Crippen molar-refractivity contribution < 1.29 is 8.42 Å². The Balaban J connectivity index is 2.13. The zero-order valence-electron chi connectivity index (χ0n) is 12.2. The summed E-state index contributed by atoms with van der Waals surface area (Å²) in [5.74, 6) is 0.456. The molecule has 0 saturated carbocycles. The van der Waals surface area contributed by atoms with Crippen molar-refractivity contribution in [3.63, 3.8) is 0 Å². The van der Waals surface area contributed by atoms with Crippen LogP contribution in [0.5, 0.6) is 0 Å². The Hall–Kier alpha value is -1.67. The minimum atomic E-state index is -3.12. The van der Waals surface area contributed by atoms with Gasteiger partial charge in [0.25, 0.3) is 0 Å². The normalized spacial score (nSPS) is 12.3. The Morgan fingerprint density at radius 1 is 1.38 bits per heavy atom. The first-order chi connectivity index (χ1) is 10.0. The fourth-order valence-corrected chi connectivity index (χ4v) is 2.19. The van der Waals surface area contributed by atoms with Gasteiger partial charge in [-0.3, -0.25) is 9.98 Å². The van der Waals surface area contributed by atoms with Crippen LogP contribution in [-0.4, -0.2) is 44.7 Å². The van der Waals surface area contributed by atoms with Crippen molar-refractivity contribution in [2.45, 2.75) is 19.8 Å². The Kier molecular flexibility index (Phi) is 7.70. The first kappa shape index (κ1) is 17.4. The van der Waals surface area contributed by atoms with E-state index in [9.17, 15) is 8.42 Å². The predicted molar refractivity (Wildman–Crippen MR) is 84.5 cm³/mol. The molecule has 0 radical (unpaired) electrons. The Morgan fingerprint density at radius 2 is 2.19 bits per heavy atom. The maximum Gasteiger partial charge on any atom is 0.211 e. The second-order valence-electron chi connectivity index (χ2n) is 4.42. The molecular formula is C13H23N5O2S. The number of pyridine rings is 1. The Morgan fingerprint density at radius 3 is 2.86 bits per heavy atom. The van der Waals surface area contributed by atoms with E-state index in [0.717, 1.165) is 12.1 Å². The third-order valence-electron chi connectivity index (χ3n) is 2.73. The van der Waals surface area contributed by atoms with Crippen molar-refractivity contribution in [2.75, 3.05) is 25.4 Å². The first-order valence-corrected chi connectivity index (χ1v) is 8.60. The number of aliphatic imine (C=N–C) groups is 1. The quantitative estimate of drug-likeness (QED) is 0.334. The molecule has 1 aromatic rings. The maximum atomic E-state index is 11.2. The summed E-state index contributed by atoms with van der Waals surface area (Å²) in [6, 6.07) is 5.77. The van der Waals surface area contributed by atoms with Gasteiger partial charge in [-0.05, 0) is 25.5 Å². The smallest absolute Gasteiger partial charge is 0.211 e. The minimum Gasteiger partial charge on any atom is -0.370 e. The van der Waals surface area contributed by atoms with Crippen LogP contribution in [0, 0.1) is 0 Å².